The molecule has 0 bridgehead atoms. The van der Waals surface area contributed by atoms with E-state index in [4.69, 9.17) is 0 Å². The summed E-state index contributed by atoms with van der Waals surface area (Å²) >= 11 is 0. The summed E-state index contributed by atoms with van der Waals surface area (Å²) in [5.41, 5.74) is 9.53. The van der Waals surface area contributed by atoms with Crippen LogP contribution in [0.1, 0.15) is 6.92 Å². The van der Waals surface area contributed by atoms with Crippen molar-refractivity contribution in [2.45, 2.75) is 6.92 Å². The van der Waals surface area contributed by atoms with Crippen molar-refractivity contribution in [2.75, 3.05) is 0 Å². The van der Waals surface area contributed by atoms with Crippen LogP contribution in [-0.2, 0) is 0 Å². The van der Waals surface area contributed by atoms with Gasteiger partial charge in [-0.25, -0.2) is 0 Å². The fourth-order valence-corrected chi connectivity index (χ4v) is 6.72. The van der Waals surface area contributed by atoms with E-state index in [0.717, 1.165) is 11.4 Å². The first-order valence-electron chi connectivity index (χ1n) is 14.1. The third-order valence-electron chi connectivity index (χ3n) is 8.41. The van der Waals surface area contributed by atoms with Gasteiger partial charge < -0.3 is 9.13 Å². The van der Waals surface area contributed by atoms with E-state index in [-0.39, 0.29) is 0 Å². The molecular formula is C39H28N2. The van der Waals surface area contributed by atoms with Crippen LogP contribution in [0.25, 0.3) is 76.9 Å². The summed E-state index contributed by atoms with van der Waals surface area (Å²) in [6, 6.07) is 46.0. The van der Waals surface area contributed by atoms with Crippen LogP contribution < -0.4 is 0 Å². The number of allylic oxidation sites excluding steroid dienone is 3. The first-order chi connectivity index (χ1) is 20.3. The molecule has 0 saturated carbocycles. The van der Waals surface area contributed by atoms with Gasteiger partial charge in [-0.1, -0.05) is 116 Å². The van der Waals surface area contributed by atoms with Gasteiger partial charge in [-0.15, -0.1) is 0 Å². The number of para-hydroxylation sites is 2. The first kappa shape index (κ1) is 23.5. The zero-order valence-corrected chi connectivity index (χ0v) is 22.9. The molecule has 0 aliphatic heterocycles. The highest BCUT2D eigenvalue weighted by atomic mass is 15.0. The van der Waals surface area contributed by atoms with Crippen LogP contribution in [0.5, 0.6) is 0 Å². The van der Waals surface area contributed by atoms with Gasteiger partial charge in [0.1, 0.15) is 0 Å². The highest BCUT2D eigenvalue weighted by Gasteiger charge is 2.24. The number of nitrogens with zero attached hydrogens (tertiary/aromatic N) is 2. The van der Waals surface area contributed by atoms with Crippen molar-refractivity contribution in [3.05, 3.63) is 146 Å². The summed E-state index contributed by atoms with van der Waals surface area (Å²) in [4.78, 5) is 0. The van der Waals surface area contributed by atoms with Gasteiger partial charge >= 0.3 is 0 Å². The number of hydrogen-bond donors (Lipinski definition) is 0. The predicted molar refractivity (Wildman–Crippen MR) is 177 cm³/mol. The molecule has 0 aliphatic rings. The number of aromatic nitrogens is 2. The molecule has 0 aliphatic carbocycles. The van der Waals surface area contributed by atoms with Crippen molar-refractivity contribution in [1.82, 2.24) is 9.13 Å². The van der Waals surface area contributed by atoms with Gasteiger partial charge in [-0.3, -0.25) is 0 Å². The number of rotatable bonds is 4. The van der Waals surface area contributed by atoms with Crippen molar-refractivity contribution >= 4 is 60.1 Å². The summed E-state index contributed by atoms with van der Waals surface area (Å²) in [5, 5.41) is 7.54. The summed E-state index contributed by atoms with van der Waals surface area (Å²) in [7, 11) is 0. The maximum absolute atomic E-state index is 4.18. The summed E-state index contributed by atoms with van der Waals surface area (Å²) in [5.74, 6) is 0. The second-order valence-electron chi connectivity index (χ2n) is 10.5. The Morgan fingerprint density at radius 1 is 0.561 bits per heavy atom. The molecule has 2 nitrogen and oxygen atoms in total. The monoisotopic (exact) mass is 524 g/mol. The zero-order valence-electron chi connectivity index (χ0n) is 22.9. The maximum atomic E-state index is 4.18. The fraction of sp³-hybridized carbons (Fsp3) is 0.0256. The van der Waals surface area contributed by atoms with Gasteiger partial charge in [0, 0.05) is 43.7 Å². The maximum Gasteiger partial charge on any atom is 0.0627 e. The normalized spacial score (nSPS) is 12.3. The SMILES string of the molecule is C=C/C(=C\C)n1c2ccccc2c2c3c4ccccc4n(-c4cccc(-c5ccccc5)c4)c3c3ccccc3c21. The molecule has 2 aromatic heterocycles. The van der Waals surface area contributed by atoms with Gasteiger partial charge in [-0.05, 0) is 48.4 Å². The molecule has 194 valence electrons. The standard InChI is InChI=1S/C39H28N2/c1-3-28(4-2)40-34-23-12-10-21-32(34)36-37-33-22-11-13-24-35(33)41(39(37)31-20-9-8-19-30(31)38(36)40)29-18-14-17-27(25-29)26-15-6-5-7-16-26/h3-25H,1H2,2H3/b28-4+. The van der Waals surface area contributed by atoms with Gasteiger partial charge in [0.2, 0.25) is 0 Å². The van der Waals surface area contributed by atoms with Crippen molar-refractivity contribution < 1.29 is 0 Å². The number of hydrogen-bond acceptors (Lipinski definition) is 0. The van der Waals surface area contributed by atoms with E-state index in [1.807, 2.05) is 6.08 Å². The lowest BCUT2D eigenvalue weighted by Gasteiger charge is -2.14. The third-order valence-corrected chi connectivity index (χ3v) is 8.41. The minimum Gasteiger partial charge on any atom is -0.309 e. The molecule has 0 spiro atoms. The van der Waals surface area contributed by atoms with Gasteiger partial charge in [0.05, 0.1) is 22.1 Å². The van der Waals surface area contributed by atoms with Gasteiger partial charge in [0.25, 0.3) is 0 Å². The fourth-order valence-electron chi connectivity index (χ4n) is 6.72. The molecule has 0 saturated heterocycles. The third kappa shape index (κ3) is 3.31. The molecule has 0 atom stereocenters. The molecule has 8 aromatic rings. The Kier molecular flexibility index (Phi) is 5.23. The molecule has 0 N–H and O–H groups in total. The lowest BCUT2D eigenvalue weighted by molar-refractivity contribution is 1.19. The van der Waals surface area contributed by atoms with Crippen molar-refractivity contribution in [3.8, 4) is 16.8 Å². The second kappa shape index (κ2) is 9.11. The topological polar surface area (TPSA) is 9.86 Å². The average Bonchev–Trinajstić information content (AvgIpc) is 3.56. The van der Waals surface area contributed by atoms with Crippen LogP contribution in [0.15, 0.2) is 146 Å². The summed E-state index contributed by atoms with van der Waals surface area (Å²) in [6.45, 7) is 6.26. The van der Waals surface area contributed by atoms with Crippen molar-refractivity contribution in [1.29, 1.82) is 0 Å². The van der Waals surface area contributed by atoms with Crippen molar-refractivity contribution in [3.63, 3.8) is 0 Å². The van der Waals surface area contributed by atoms with Crippen LogP contribution in [0, 0.1) is 0 Å². The molecule has 0 radical (unpaired) electrons. The van der Waals surface area contributed by atoms with E-state index >= 15 is 0 Å². The lowest BCUT2D eigenvalue weighted by atomic mass is 9.99. The Hall–Kier alpha value is -5.34. The van der Waals surface area contributed by atoms with Crippen LogP contribution in [0.2, 0.25) is 0 Å². The summed E-state index contributed by atoms with van der Waals surface area (Å²) in [6.07, 6.45) is 4.11. The quantitative estimate of drug-likeness (QED) is 0.203. The van der Waals surface area contributed by atoms with E-state index in [0.29, 0.717) is 0 Å². The second-order valence-corrected chi connectivity index (χ2v) is 10.5. The molecule has 0 amide bonds. The minimum atomic E-state index is 1.08. The molecule has 2 heteroatoms. The highest BCUT2D eigenvalue weighted by Crippen LogP contribution is 2.46. The van der Waals surface area contributed by atoms with E-state index in [9.17, 15) is 0 Å². The Bertz CT molecular complexity index is 2330. The molecule has 2 heterocycles. The molecule has 8 rings (SSSR count). The molecule has 41 heavy (non-hydrogen) atoms. The van der Waals surface area contributed by atoms with Crippen LogP contribution in [-0.4, -0.2) is 9.13 Å². The number of benzene rings is 6. The van der Waals surface area contributed by atoms with E-state index in [2.05, 4.69) is 156 Å². The molecule has 0 unspecified atom stereocenters. The minimum absolute atomic E-state index is 1.08. The van der Waals surface area contributed by atoms with Crippen LogP contribution >= 0.6 is 0 Å². The van der Waals surface area contributed by atoms with Gasteiger partial charge in [-0.2, -0.15) is 0 Å². The Morgan fingerprint density at radius 2 is 1.12 bits per heavy atom. The van der Waals surface area contributed by atoms with Gasteiger partial charge in [0.15, 0.2) is 0 Å². The zero-order chi connectivity index (χ0) is 27.5. The molecule has 0 fully saturated rings. The molecule has 6 aromatic carbocycles. The highest BCUT2D eigenvalue weighted by molar-refractivity contribution is 6.37. The van der Waals surface area contributed by atoms with E-state index in [1.54, 1.807) is 0 Å². The Labute approximate surface area is 238 Å². The Morgan fingerprint density at radius 3 is 1.83 bits per heavy atom. The lowest BCUT2D eigenvalue weighted by Crippen LogP contribution is -1.97. The van der Waals surface area contributed by atoms with E-state index in [1.165, 1.54) is 65.5 Å². The van der Waals surface area contributed by atoms with Crippen molar-refractivity contribution in [2.24, 2.45) is 0 Å². The average molecular weight is 525 g/mol. The first-order valence-corrected chi connectivity index (χ1v) is 14.1. The number of fused-ring (bicyclic) bond motifs is 10. The molecular weight excluding hydrogens is 496 g/mol. The largest absolute Gasteiger partial charge is 0.309 e. The smallest absolute Gasteiger partial charge is 0.0627 e. The van der Waals surface area contributed by atoms with Crippen LogP contribution in [0.3, 0.4) is 0 Å². The predicted octanol–water partition coefficient (Wildman–Crippen LogP) is 10.8. The Balaban J connectivity index is 1.64. The van der Waals surface area contributed by atoms with Crippen LogP contribution in [0.4, 0.5) is 0 Å². The van der Waals surface area contributed by atoms with E-state index < -0.39 is 0 Å². The summed E-state index contributed by atoms with van der Waals surface area (Å²) < 4.78 is 4.86.